The lowest BCUT2D eigenvalue weighted by atomic mass is 10.1. The summed E-state index contributed by atoms with van der Waals surface area (Å²) in [6.07, 6.45) is 1.61. The number of amides is 1. The summed E-state index contributed by atoms with van der Waals surface area (Å²) in [5.41, 5.74) is 3.70. The van der Waals surface area contributed by atoms with Gasteiger partial charge >= 0.3 is 0 Å². The number of aromatic nitrogens is 1. The Morgan fingerprint density at radius 3 is 2.46 bits per heavy atom. The second-order valence-corrected chi connectivity index (χ2v) is 5.98. The summed E-state index contributed by atoms with van der Waals surface area (Å²) in [4.78, 5) is 12.1. The highest BCUT2D eigenvalue weighted by Gasteiger charge is 2.14. The van der Waals surface area contributed by atoms with Gasteiger partial charge in [-0.05, 0) is 69.7 Å². The minimum atomic E-state index is -0.373. The number of carbonyl (C=O) groups is 1. The Labute approximate surface area is 141 Å². The molecule has 0 fully saturated rings. The van der Waals surface area contributed by atoms with Crippen molar-refractivity contribution >= 4 is 12.0 Å². The van der Waals surface area contributed by atoms with E-state index in [1.807, 2.05) is 56.5 Å². The zero-order valence-electron chi connectivity index (χ0n) is 14.3. The maximum Gasteiger partial charge on any atom is 0.262 e. The van der Waals surface area contributed by atoms with Crippen molar-refractivity contribution in [3.05, 3.63) is 52.9 Å². The number of nitrogens with one attached hydrogen (secondary N) is 1. The fourth-order valence-electron chi connectivity index (χ4n) is 2.58. The minimum absolute atomic E-state index is 0.0290. The summed E-state index contributed by atoms with van der Waals surface area (Å²) >= 11 is 0. The molecule has 0 aliphatic rings. The van der Waals surface area contributed by atoms with Gasteiger partial charge in [0.15, 0.2) is 0 Å². The van der Waals surface area contributed by atoms with Gasteiger partial charge in [-0.25, -0.2) is 0 Å². The molecule has 0 radical (unpaired) electrons. The van der Waals surface area contributed by atoms with Gasteiger partial charge in [0.2, 0.25) is 0 Å². The van der Waals surface area contributed by atoms with Gasteiger partial charge in [0.1, 0.15) is 17.4 Å². The van der Waals surface area contributed by atoms with E-state index in [4.69, 9.17) is 0 Å². The van der Waals surface area contributed by atoms with E-state index in [0.29, 0.717) is 0 Å². The zero-order chi connectivity index (χ0) is 17.9. The average Bonchev–Trinajstić information content (AvgIpc) is 2.79. The molecule has 2 rings (SSSR count). The summed E-state index contributed by atoms with van der Waals surface area (Å²) in [5.74, 6) is -0.166. The van der Waals surface area contributed by atoms with Crippen LogP contribution >= 0.6 is 0 Å². The number of nitriles is 1. The lowest BCUT2D eigenvalue weighted by Crippen LogP contribution is -2.30. The molecule has 2 aromatic rings. The molecule has 124 valence electrons. The summed E-state index contributed by atoms with van der Waals surface area (Å²) in [6, 6.07) is 10.8. The Kier molecular flexibility index (Phi) is 5.10. The van der Waals surface area contributed by atoms with Crippen LogP contribution in [0, 0.1) is 25.2 Å². The van der Waals surface area contributed by atoms with E-state index in [0.717, 1.165) is 22.6 Å². The Hall–Kier alpha value is -3.00. The van der Waals surface area contributed by atoms with Crippen molar-refractivity contribution in [2.24, 2.45) is 0 Å². The third kappa shape index (κ3) is 3.66. The molecule has 0 unspecified atom stereocenters. The quantitative estimate of drug-likeness (QED) is 0.670. The van der Waals surface area contributed by atoms with Crippen molar-refractivity contribution in [2.75, 3.05) is 0 Å². The van der Waals surface area contributed by atoms with Gasteiger partial charge in [-0.1, -0.05) is 0 Å². The van der Waals surface area contributed by atoms with Crippen LogP contribution in [0.1, 0.15) is 30.8 Å². The number of hydrogen-bond acceptors (Lipinski definition) is 3. The number of aromatic hydroxyl groups is 1. The van der Waals surface area contributed by atoms with Crippen molar-refractivity contribution in [3.63, 3.8) is 0 Å². The molecule has 24 heavy (non-hydrogen) atoms. The van der Waals surface area contributed by atoms with Gasteiger partial charge in [0.05, 0.1) is 0 Å². The number of rotatable bonds is 4. The van der Waals surface area contributed by atoms with Gasteiger partial charge in [-0.2, -0.15) is 5.26 Å². The number of benzene rings is 1. The van der Waals surface area contributed by atoms with Crippen LogP contribution in [0.15, 0.2) is 35.9 Å². The smallest absolute Gasteiger partial charge is 0.262 e. The molecule has 0 saturated heterocycles. The predicted molar refractivity (Wildman–Crippen MR) is 93.8 cm³/mol. The van der Waals surface area contributed by atoms with Gasteiger partial charge < -0.3 is 15.0 Å². The van der Waals surface area contributed by atoms with Crippen LogP contribution in [0.3, 0.4) is 0 Å². The molecule has 0 aliphatic heterocycles. The summed E-state index contributed by atoms with van der Waals surface area (Å²) in [5, 5.41) is 21.4. The van der Waals surface area contributed by atoms with Gasteiger partial charge in [0.25, 0.3) is 5.91 Å². The molecule has 1 aromatic carbocycles. The van der Waals surface area contributed by atoms with E-state index < -0.39 is 0 Å². The Morgan fingerprint density at radius 2 is 1.92 bits per heavy atom. The fourth-order valence-corrected chi connectivity index (χ4v) is 2.58. The van der Waals surface area contributed by atoms with Crippen molar-refractivity contribution in [1.29, 1.82) is 5.26 Å². The third-order valence-corrected chi connectivity index (χ3v) is 3.66. The number of nitrogens with zero attached hydrogens (tertiary/aromatic N) is 2. The first-order chi connectivity index (χ1) is 11.3. The van der Waals surface area contributed by atoms with Crippen LogP contribution in [0.25, 0.3) is 11.8 Å². The number of aryl methyl sites for hydroxylation is 1. The lowest BCUT2D eigenvalue weighted by Gasteiger charge is -2.10. The van der Waals surface area contributed by atoms with E-state index in [-0.39, 0.29) is 23.3 Å². The average molecular weight is 323 g/mol. The predicted octanol–water partition coefficient (Wildman–Crippen LogP) is 3.23. The molecule has 0 atom stereocenters. The standard InChI is InChI=1S/C19H21N3O2/c1-12(2)21-19(24)16(11-20)10-15-9-13(3)22(14(15)4)17-5-7-18(23)8-6-17/h5-10,12,23H,1-4H3,(H,21,24)/b16-10+. The zero-order valence-corrected chi connectivity index (χ0v) is 14.3. The van der Waals surface area contributed by atoms with Crippen molar-refractivity contribution in [2.45, 2.75) is 33.7 Å². The van der Waals surface area contributed by atoms with E-state index in [1.54, 1.807) is 18.2 Å². The topological polar surface area (TPSA) is 78.0 Å². The van der Waals surface area contributed by atoms with Gasteiger partial charge in [-0.15, -0.1) is 0 Å². The van der Waals surface area contributed by atoms with Crippen LogP contribution < -0.4 is 5.32 Å². The number of phenols is 1. The second kappa shape index (κ2) is 7.05. The number of hydrogen-bond donors (Lipinski definition) is 2. The molecule has 5 nitrogen and oxygen atoms in total. The molecule has 0 saturated carbocycles. The van der Waals surface area contributed by atoms with Crippen molar-refractivity contribution in [1.82, 2.24) is 9.88 Å². The van der Waals surface area contributed by atoms with Gasteiger partial charge in [0, 0.05) is 23.1 Å². The maximum absolute atomic E-state index is 12.1. The molecular formula is C19H21N3O2. The van der Waals surface area contributed by atoms with E-state index >= 15 is 0 Å². The van der Waals surface area contributed by atoms with E-state index in [1.165, 1.54) is 0 Å². The van der Waals surface area contributed by atoms with E-state index in [2.05, 4.69) is 5.32 Å². The summed E-state index contributed by atoms with van der Waals surface area (Å²) in [7, 11) is 0. The maximum atomic E-state index is 12.1. The highest BCUT2D eigenvalue weighted by molar-refractivity contribution is 6.02. The first kappa shape index (κ1) is 17.4. The van der Waals surface area contributed by atoms with E-state index in [9.17, 15) is 15.2 Å². The first-order valence-electron chi connectivity index (χ1n) is 7.74. The van der Waals surface area contributed by atoms with Crippen LogP contribution in [0.4, 0.5) is 0 Å². The molecule has 2 N–H and O–H groups in total. The molecule has 0 bridgehead atoms. The van der Waals surface area contributed by atoms with Crippen molar-refractivity contribution < 1.29 is 9.90 Å². The Balaban J connectivity index is 2.44. The summed E-state index contributed by atoms with van der Waals surface area (Å²) in [6.45, 7) is 7.59. The molecule has 5 heteroatoms. The van der Waals surface area contributed by atoms with Gasteiger partial charge in [-0.3, -0.25) is 4.79 Å². The molecule has 0 aliphatic carbocycles. The summed E-state index contributed by atoms with van der Waals surface area (Å²) < 4.78 is 2.01. The largest absolute Gasteiger partial charge is 0.508 e. The number of carbonyl (C=O) groups excluding carboxylic acids is 1. The number of phenolic OH excluding ortho intramolecular Hbond substituents is 1. The Morgan fingerprint density at radius 1 is 1.29 bits per heavy atom. The molecule has 1 amide bonds. The second-order valence-electron chi connectivity index (χ2n) is 5.98. The highest BCUT2D eigenvalue weighted by Crippen LogP contribution is 2.24. The van der Waals surface area contributed by atoms with Crippen LogP contribution in [0.5, 0.6) is 5.75 Å². The normalized spacial score (nSPS) is 11.4. The Bertz CT molecular complexity index is 822. The first-order valence-corrected chi connectivity index (χ1v) is 7.74. The third-order valence-electron chi connectivity index (χ3n) is 3.66. The SMILES string of the molecule is Cc1cc(/C=C(\C#N)C(=O)NC(C)C)c(C)n1-c1ccc(O)cc1. The molecular weight excluding hydrogens is 302 g/mol. The van der Waals surface area contributed by atoms with Crippen molar-refractivity contribution in [3.8, 4) is 17.5 Å². The molecule has 0 spiro atoms. The monoisotopic (exact) mass is 323 g/mol. The fraction of sp³-hybridized carbons (Fsp3) is 0.263. The highest BCUT2D eigenvalue weighted by atomic mass is 16.3. The van der Waals surface area contributed by atoms with Crippen LogP contribution in [-0.2, 0) is 4.79 Å². The lowest BCUT2D eigenvalue weighted by molar-refractivity contribution is -0.117. The molecule has 1 aromatic heterocycles. The minimum Gasteiger partial charge on any atom is -0.508 e. The van der Waals surface area contributed by atoms with Crippen LogP contribution in [-0.4, -0.2) is 21.6 Å². The molecule has 1 heterocycles. The van der Waals surface area contributed by atoms with Crippen LogP contribution in [0.2, 0.25) is 0 Å².